The van der Waals surface area contributed by atoms with Crippen molar-refractivity contribution in [3.05, 3.63) is 53.7 Å². The quantitative estimate of drug-likeness (QED) is 0.244. The largest absolute Gasteiger partial charge is 0.444 e. The van der Waals surface area contributed by atoms with Crippen LogP contribution in [-0.2, 0) is 9.47 Å². The lowest BCUT2D eigenvalue weighted by molar-refractivity contribution is 0.0295. The van der Waals surface area contributed by atoms with Crippen molar-refractivity contribution in [2.45, 2.75) is 72.1 Å². The Balaban J connectivity index is 1.65. The molecule has 0 radical (unpaired) electrons. The molecule has 0 saturated heterocycles. The van der Waals surface area contributed by atoms with Gasteiger partial charge in [0.2, 0.25) is 5.95 Å². The molecule has 11 nitrogen and oxygen atoms in total. The van der Waals surface area contributed by atoms with Gasteiger partial charge < -0.3 is 25.0 Å². The lowest BCUT2D eigenvalue weighted by atomic mass is 10.1. The maximum Gasteiger partial charge on any atom is 0.412 e. The molecular formula is C30H40N6O5S. The van der Waals surface area contributed by atoms with E-state index < -0.39 is 23.2 Å². The molecule has 3 rings (SSSR count). The number of benzene rings is 1. The average Bonchev–Trinajstić information content (AvgIpc) is 3.41. The summed E-state index contributed by atoms with van der Waals surface area (Å²) < 4.78 is 10.8. The number of thiophene rings is 1. The van der Waals surface area contributed by atoms with Crippen LogP contribution in [0.4, 0.5) is 26.9 Å². The summed E-state index contributed by atoms with van der Waals surface area (Å²) in [6.45, 7) is 13.2. The predicted octanol–water partition coefficient (Wildman–Crippen LogP) is 6.86. The van der Waals surface area contributed by atoms with Crippen LogP contribution in [0.15, 0.2) is 48.1 Å². The summed E-state index contributed by atoms with van der Waals surface area (Å²) in [5.74, 6) is -0.0879. The highest BCUT2D eigenvalue weighted by Gasteiger charge is 2.21. The lowest BCUT2D eigenvalue weighted by Crippen LogP contribution is -2.36. The Kier molecular flexibility index (Phi) is 10.5. The first-order valence-electron chi connectivity index (χ1n) is 13.6. The highest BCUT2D eigenvalue weighted by Crippen LogP contribution is 2.32. The molecule has 2 aromatic heterocycles. The molecule has 12 heteroatoms. The zero-order valence-corrected chi connectivity index (χ0v) is 26.2. The molecule has 0 aliphatic carbocycles. The molecule has 0 aliphatic heterocycles. The number of carbonyl (C=O) groups excluding carboxylic acids is 3. The van der Waals surface area contributed by atoms with Crippen LogP contribution >= 0.6 is 11.3 Å². The number of aromatic nitrogens is 2. The number of hydrogen-bond acceptors (Lipinski definition) is 9. The fourth-order valence-electron chi connectivity index (χ4n) is 3.59. The Morgan fingerprint density at radius 3 is 2.21 bits per heavy atom. The molecule has 0 spiro atoms. The summed E-state index contributed by atoms with van der Waals surface area (Å²) in [6.07, 6.45) is 2.47. The second-order valence-electron chi connectivity index (χ2n) is 11.8. The number of hydrogen-bond donors (Lipinski definition) is 3. The van der Waals surface area contributed by atoms with Crippen molar-refractivity contribution in [3.63, 3.8) is 0 Å². The monoisotopic (exact) mass is 596 g/mol. The molecule has 1 atom stereocenters. The van der Waals surface area contributed by atoms with Crippen LogP contribution in [0.5, 0.6) is 0 Å². The van der Waals surface area contributed by atoms with E-state index in [1.54, 1.807) is 51.3 Å². The Labute approximate surface area is 251 Å². The third-order valence-electron chi connectivity index (χ3n) is 5.60. The minimum Gasteiger partial charge on any atom is -0.444 e. The lowest BCUT2D eigenvalue weighted by Gasteiger charge is -2.25. The molecule has 0 fully saturated rings. The molecule has 0 bridgehead atoms. The van der Waals surface area contributed by atoms with E-state index in [4.69, 9.17) is 9.47 Å². The first-order valence-corrected chi connectivity index (χ1v) is 14.5. The smallest absolute Gasteiger partial charge is 0.412 e. The number of nitrogens with zero attached hydrogens (tertiary/aromatic N) is 3. The van der Waals surface area contributed by atoms with Gasteiger partial charge >= 0.3 is 12.2 Å². The van der Waals surface area contributed by atoms with Crippen molar-refractivity contribution in [3.8, 4) is 10.4 Å². The van der Waals surface area contributed by atoms with Gasteiger partial charge in [0.25, 0.3) is 5.91 Å². The SMILES string of the molecule is CC(CCN(C)C(=O)OC(C)(C)C)Nc1ncc(C(=O)Nc2cc(-c3cccs3)ccc2NC(=O)OC(C)(C)C)cn1. The van der Waals surface area contributed by atoms with Gasteiger partial charge in [0.1, 0.15) is 11.2 Å². The zero-order chi connectivity index (χ0) is 31.1. The Morgan fingerprint density at radius 1 is 0.952 bits per heavy atom. The molecule has 3 N–H and O–H groups in total. The van der Waals surface area contributed by atoms with Crippen LogP contribution < -0.4 is 16.0 Å². The maximum atomic E-state index is 13.2. The molecule has 0 aliphatic rings. The van der Waals surface area contributed by atoms with Gasteiger partial charge in [0, 0.05) is 36.9 Å². The fourth-order valence-corrected chi connectivity index (χ4v) is 4.32. The standard InChI is InChI=1S/C30H40N6O5S/c1-19(13-14-36(8)28(39)41-30(5,6)7)33-26-31-17-21(18-32-26)25(37)34-23-16-20(24-10-9-15-42-24)11-12-22(23)35-27(38)40-29(2,3)4/h9-12,15-19H,13-14H2,1-8H3,(H,34,37)(H,35,38)(H,31,32,33). The van der Waals surface area contributed by atoms with Crippen molar-refractivity contribution < 1.29 is 23.9 Å². The fraction of sp³-hybridized carbons (Fsp3) is 0.433. The molecule has 2 heterocycles. The van der Waals surface area contributed by atoms with Gasteiger partial charge in [-0.1, -0.05) is 12.1 Å². The highest BCUT2D eigenvalue weighted by molar-refractivity contribution is 7.13. The number of nitrogens with one attached hydrogen (secondary N) is 3. The van der Waals surface area contributed by atoms with E-state index in [0.717, 1.165) is 10.4 Å². The minimum absolute atomic E-state index is 0.0453. The van der Waals surface area contributed by atoms with E-state index in [0.29, 0.717) is 30.3 Å². The van der Waals surface area contributed by atoms with Gasteiger partial charge in [-0.15, -0.1) is 11.3 Å². The van der Waals surface area contributed by atoms with E-state index in [1.807, 2.05) is 51.3 Å². The van der Waals surface area contributed by atoms with E-state index in [1.165, 1.54) is 17.3 Å². The summed E-state index contributed by atoms with van der Waals surface area (Å²) in [7, 11) is 1.69. The molecule has 3 aromatic rings. The Bertz CT molecular complexity index is 1360. The van der Waals surface area contributed by atoms with Gasteiger partial charge in [0.15, 0.2) is 0 Å². The third kappa shape index (κ3) is 10.3. The van der Waals surface area contributed by atoms with Gasteiger partial charge in [-0.25, -0.2) is 19.6 Å². The van der Waals surface area contributed by atoms with E-state index >= 15 is 0 Å². The molecule has 1 unspecified atom stereocenters. The summed E-state index contributed by atoms with van der Waals surface area (Å²) in [4.78, 5) is 48.9. The van der Waals surface area contributed by atoms with Gasteiger partial charge in [0.05, 0.1) is 16.9 Å². The number of amides is 3. The molecular weight excluding hydrogens is 556 g/mol. The van der Waals surface area contributed by atoms with Crippen LogP contribution in [0.3, 0.4) is 0 Å². The topological polar surface area (TPSA) is 135 Å². The molecule has 1 aromatic carbocycles. The van der Waals surface area contributed by atoms with Crippen LogP contribution in [0.2, 0.25) is 0 Å². The predicted molar refractivity (Wildman–Crippen MR) is 166 cm³/mol. The van der Waals surface area contributed by atoms with Gasteiger partial charge in [-0.05, 0) is 84.0 Å². The summed E-state index contributed by atoms with van der Waals surface area (Å²) >= 11 is 1.56. The molecule has 0 saturated carbocycles. The van der Waals surface area contributed by atoms with E-state index in [9.17, 15) is 14.4 Å². The van der Waals surface area contributed by atoms with Crippen LogP contribution in [0.25, 0.3) is 10.4 Å². The number of ether oxygens (including phenoxy) is 2. The number of anilines is 3. The number of rotatable bonds is 9. The van der Waals surface area contributed by atoms with Crippen LogP contribution in [0, 0.1) is 0 Å². The second kappa shape index (κ2) is 13.6. The first-order chi connectivity index (χ1) is 19.6. The van der Waals surface area contributed by atoms with Crippen molar-refractivity contribution in [2.24, 2.45) is 0 Å². The maximum absolute atomic E-state index is 13.2. The summed E-state index contributed by atoms with van der Waals surface area (Å²) in [5, 5.41) is 10.7. The third-order valence-corrected chi connectivity index (χ3v) is 6.52. The normalized spacial score (nSPS) is 12.2. The van der Waals surface area contributed by atoms with Crippen LogP contribution in [0.1, 0.15) is 65.2 Å². The molecule has 226 valence electrons. The van der Waals surface area contributed by atoms with Crippen molar-refractivity contribution >= 4 is 46.8 Å². The van der Waals surface area contributed by atoms with E-state index in [2.05, 4.69) is 25.9 Å². The van der Waals surface area contributed by atoms with Crippen molar-refractivity contribution in [1.82, 2.24) is 14.9 Å². The Morgan fingerprint density at radius 2 is 1.62 bits per heavy atom. The molecule has 3 amide bonds. The first kappa shape index (κ1) is 32.3. The second-order valence-corrected chi connectivity index (χ2v) is 12.8. The van der Waals surface area contributed by atoms with Gasteiger partial charge in [-0.3, -0.25) is 10.1 Å². The van der Waals surface area contributed by atoms with Gasteiger partial charge in [-0.2, -0.15) is 0 Å². The van der Waals surface area contributed by atoms with Crippen molar-refractivity contribution in [2.75, 3.05) is 29.5 Å². The summed E-state index contributed by atoms with van der Waals surface area (Å²) in [6, 6.07) is 9.25. The van der Waals surface area contributed by atoms with E-state index in [-0.39, 0.29) is 17.7 Å². The van der Waals surface area contributed by atoms with Crippen molar-refractivity contribution in [1.29, 1.82) is 0 Å². The highest BCUT2D eigenvalue weighted by atomic mass is 32.1. The number of carbonyl (C=O) groups is 3. The average molecular weight is 597 g/mol. The summed E-state index contributed by atoms with van der Waals surface area (Å²) in [5.41, 5.74) is 0.687. The molecule has 42 heavy (non-hydrogen) atoms. The van der Waals surface area contributed by atoms with Crippen LogP contribution in [-0.4, -0.2) is 63.8 Å². The zero-order valence-electron chi connectivity index (χ0n) is 25.4. The minimum atomic E-state index is -0.678. The Hall–Kier alpha value is -4.19.